The van der Waals surface area contributed by atoms with Gasteiger partial charge < -0.3 is 15.4 Å². The zero-order valence-electron chi connectivity index (χ0n) is 20.2. The minimum atomic E-state index is -0.646. The molecular formula is C25H28Cl2FN5O2. The van der Waals surface area contributed by atoms with E-state index in [-0.39, 0.29) is 11.1 Å². The van der Waals surface area contributed by atoms with E-state index in [1.54, 1.807) is 45.2 Å². The van der Waals surface area contributed by atoms with Gasteiger partial charge in [0.25, 0.3) is 0 Å². The molecule has 7 nitrogen and oxygen atoms in total. The van der Waals surface area contributed by atoms with Crippen molar-refractivity contribution >= 4 is 52.4 Å². The molecule has 1 amide bonds. The van der Waals surface area contributed by atoms with Crippen molar-refractivity contribution in [3.8, 4) is 11.1 Å². The van der Waals surface area contributed by atoms with Gasteiger partial charge in [-0.15, -0.1) is 0 Å². The number of benzene rings is 2. The molecule has 0 bridgehead atoms. The van der Waals surface area contributed by atoms with Crippen LogP contribution in [0.5, 0.6) is 0 Å². The van der Waals surface area contributed by atoms with Gasteiger partial charge in [0.1, 0.15) is 17.2 Å². The quantitative estimate of drug-likeness (QED) is 0.294. The Bertz CT molecular complexity index is 1220. The highest BCUT2D eigenvalue weighted by Crippen LogP contribution is 2.33. The van der Waals surface area contributed by atoms with E-state index in [1.165, 1.54) is 12.1 Å². The summed E-state index contributed by atoms with van der Waals surface area (Å²) in [4.78, 5) is 21.3. The van der Waals surface area contributed by atoms with Crippen LogP contribution in [0, 0.1) is 5.82 Å². The maximum Gasteiger partial charge on any atom is 0.412 e. The van der Waals surface area contributed by atoms with Crippen LogP contribution in [-0.4, -0.2) is 27.7 Å². The number of carbonyl (C=O) groups excluding carboxylic acids is 1. The molecule has 1 heterocycles. The van der Waals surface area contributed by atoms with Crippen LogP contribution in [0.2, 0.25) is 10.0 Å². The predicted molar refractivity (Wildman–Crippen MR) is 140 cm³/mol. The Hall–Kier alpha value is -3.10. The number of amides is 1. The fraction of sp³-hybridized carbons (Fsp3) is 0.320. The lowest BCUT2D eigenvalue weighted by Crippen LogP contribution is -2.27. The molecule has 0 fully saturated rings. The second-order valence-electron chi connectivity index (χ2n) is 8.98. The molecule has 2 aromatic carbocycles. The van der Waals surface area contributed by atoms with Crippen LogP contribution in [0.1, 0.15) is 41.0 Å². The molecule has 0 aliphatic rings. The molecule has 1 aromatic heterocycles. The maximum atomic E-state index is 13.5. The van der Waals surface area contributed by atoms with E-state index in [4.69, 9.17) is 27.9 Å². The van der Waals surface area contributed by atoms with Gasteiger partial charge in [-0.05, 0) is 70.0 Å². The lowest BCUT2D eigenvalue weighted by atomic mass is 10.1. The molecule has 0 saturated carbocycles. The smallest absolute Gasteiger partial charge is 0.412 e. The monoisotopic (exact) mass is 519 g/mol. The molecule has 1 unspecified atom stereocenters. The highest BCUT2D eigenvalue weighted by molar-refractivity contribution is 6.33. The molecule has 0 aliphatic heterocycles. The Balaban J connectivity index is 1.95. The van der Waals surface area contributed by atoms with Crippen molar-refractivity contribution in [2.75, 3.05) is 16.0 Å². The average molecular weight is 520 g/mol. The standard InChI is InChI=1S/C25H28Cl2FN5O2/c1-6-14(2)30-22-17(13-29-23(33-22)31-16-8-10-20(28)19(27)12-16)15-7-9-18(26)21(11-15)32-24(34)35-25(3,4)5/h7-14H,6H2,1-5H3,(H,32,34)(H2,29,30,31,33). The largest absolute Gasteiger partial charge is 0.444 e. The third kappa shape index (κ3) is 7.44. The molecule has 0 spiro atoms. The Morgan fingerprint density at radius 1 is 1.14 bits per heavy atom. The molecule has 0 aliphatic carbocycles. The summed E-state index contributed by atoms with van der Waals surface area (Å²) in [6.07, 6.45) is 1.92. The first-order valence-corrected chi connectivity index (χ1v) is 11.9. The number of anilines is 4. The van der Waals surface area contributed by atoms with Gasteiger partial charge in [-0.3, -0.25) is 5.32 Å². The molecule has 35 heavy (non-hydrogen) atoms. The molecule has 1 atom stereocenters. The van der Waals surface area contributed by atoms with Gasteiger partial charge in [-0.25, -0.2) is 14.2 Å². The molecule has 186 valence electrons. The highest BCUT2D eigenvalue weighted by Gasteiger charge is 2.18. The van der Waals surface area contributed by atoms with E-state index >= 15 is 0 Å². The number of carbonyl (C=O) groups is 1. The number of rotatable bonds is 7. The van der Waals surface area contributed by atoms with Gasteiger partial charge in [-0.1, -0.05) is 36.2 Å². The minimum absolute atomic E-state index is 0.00393. The Kier molecular flexibility index (Phi) is 8.40. The second-order valence-corrected chi connectivity index (χ2v) is 9.80. The summed E-state index contributed by atoms with van der Waals surface area (Å²) >= 11 is 12.2. The molecule has 0 radical (unpaired) electrons. The normalized spacial score (nSPS) is 12.1. The Morgan fingerprint density at radius 3 is 2.54 bits per heavy atom. The molecule has 0 saturated heterocycles. The number of nitrogens with zero attached hydrogens (tertiary/aromatic N) is 2. The van der Waals surface area contributed by atoms with Crippen LogP contribution in [0.4, 0.5) is 32.3 Å². The van der Waals surface area contributed by atoms with Crippen LogP contribution < -0.4 is 16.0 Å². The summed E-state index contributed by atoms with van der Waals surface area (Å²) in [6, 6.07) is 9.64. The zero-order valence-corrected chi connectivity index (χ0v) is 21.7. The summed E-state index contributed by atoms with van der Waals surface area (Å²) in [6.45, 7) is 9.44. The van der Waals surface area contributed by atoms with Gasteiger partial charge in [0.05, 0.1) is 15.7 Å². The first kappa shape index (κ1) is 26.5. The number of halogens is 3. The average Bonchev–Trinajstić information content (AvgIpc) is 2.77. The number of aromatic nitrogens is 2. The van der Waals surface area contributed by atoms with E-state index in [9.17, 15) is 9.18 Å². The Labute approximate surface area is 214 Å². The predicted octanol–water partition coefficient (Wildman–Crippen LogP) is 7.89. The third-order valence-corrected chi connectivity index (χ3v) is 5.49. The maximum absolute atomic E-state index is 13.5. The molecular weight excluding hydrogens is 492 g/mol. The van der Waals surface area contributed by atoms with E-state index in [2.05, 4.69) is 32.8 Å². The first-order valence-electron chi connectivity index (χ1n) is 11.1. The summed E-state index contributed by atoms with van der Waals surface area (Å²) in [7, 11) is 0. The first-order chi connectivity index (χ1) is 16.4. The summed E-state index contributed by atoms with van der Waals surface area (Å²) < 4.78 is 18.8. The number of ether oxygens (including phenoxy) is 1. The van der Waals surface area contributed by atoms with Gasteiger partial charge in [0, 0.05) is 23.5 Å². The van der Waals surface area contributed by atoms with Crippen molar-refractivity contribution in [1.29, 1.82) is 0 Å². The van der Waals surface area contributed by atoms with Gasteiger partial charge in [0.2, 0.25) is 5.95 Å². The van der Waals surface area contributed by atoms with Crippen molar-refractivity contribution in [3.63, 3.8) is 0 Å². The van der Waals surface area contributed by atoms with Crippen molar-refractivity contribution in [3.05, 3.63) is 58.5 Å². The van der Waals surface area contributed by atoms with Crippen LogP contribution in [0.15, 0.2) is 42.6 Å². The summed E-state index contributed by atoms with van der Waals surface area (Å²) in [5.41, 5.74) is 1.75. The SMILES string of the molecule is CCC(C)Nc1nc(Nc2ccc(F)c(Cl)c2)ncc1-c1ccc(Cl)c(NC(=O)OC(C)(C)C)c1. The van der Waals surface area contributed by atoms with E-state index < -0.39 is 17.5 Å². The third-order valence-electron chi connectivity index (χ3n) is 4.87. The topological polar surface area (TPSA) is 88.2 Å². The minimum Gasteiger partial charge on any atom is -0.444 e. The van der Waals surface area contributed by atoms with Crippen LogP contribution in [0.3, 0.4) is 0 Å². The van der Waals surface area contributed by atoms with E-state index in [0.717, 1.165) is 12.0 Å². The van der Waals surface area contributed by atoms with Crippen molar-refractivity contribution in [2.24, 2.45) is 0 Å². The molecule has 3 rings (SSSR count). The van der Waals surface area contributed by atoms with Gasteiger partial charge >= 0.3 is 6.09 Å². The molecule has 3 N–H and O–H groups in total. The van der Waals surface area contributed by atoms with Crippen LogP contribution >= 0.6 is 23.2 Å². The van der Waals surface area contributed by atoms with E-state index in [0.29, 0.717) is 33.7 Å². The van der Waals surface area contributed by atoms with Crippen molar-refractivity contribution < 1.29 is 13.9 Å². The lowest BCUT2D eigenvalue weighted by Gasteiger charge is -2.20. The second kappa shape index (κ2) is 11.1. The van der Waals surface area contributed by atoms with Crippen LogP contribution in [0.25, 0.3) is 11.1 Å². The zero-order chi connectivity index (χ0) is 25.8. The summed E-state index contributed by atoms with van der Waals surface area (Å²) in [5.74, 6) is 0.380. The van der Waals surface area contributed by atoms with Crippen molar-refractivity contribution in [2.45, 2.75) is 52.7 Å². The van der Waals surface area contributed by atoms with Crippen molar-refractivity contribution in [1.82, 2.24) is 9.97 Å². The lowest BCUT2D eigenvalue weighted by molar-refractivity contribution is 0.0636. The highest BCUT2D eigenvalue weighted by atomic mass is 35.5. The number of hydrogen-bond donors (Lipinski definition) is 3. The number of nitrogens with one attached hydrogen (secondary N) is 3. The van der Waals surface area contributed by atoms with E-state index in [1.807, 2.05) is 13.0 Å². The van der Waals surface area contributed by atoms with Gasteiger partial charge in [-0.2, -0.15) is 4.98 Å². The molecule has 10 heteroatoms. The van der Waals surface area contributed by atoms with Crippen LogP contribution in [-0.2, 0) is 4.74 Å². The fourth-order valence-electron chi connectivity index (χ4n) is 3.00. The summed E-state index contributed by atoms with van der Waals surface area (Å²) in [5, 5.41) is 9.48. The van der Waals surface area contributed by atoms with Gasteiger partial charge in [0.15, 0.2) is 0 Å². The Morgan fingerprint density at radius 2 is 1.89 bits per heavy atom. The fourth-order valence-corrected chi connectivity index (χ4v) is 3.35. The molecule has 3 aromatic rings. The number of hydrogen-bond acceptors (Lipinski definition) is 6.